The van der Waals surface area contributed by atoms with Crippen LogP contribution in [-0.4, -0.2) is 41.9 Å². The number of benzene rings is 2. The molecule has 0 aromatic heterocycles. The third kappa shape index (κ3) is 4.84. The summed E-state index contributed by atoms with van der Waals surface area (Å²) in [5.41, 5.74) is 1.30. The maximum Gasteiger partial charge on any atom is 0.250 e. The predicted molar refractivity (Wildman–Crippen MR) is 121 cm³/mol. The lowest BCUT2D eigenvalue weighted by Crippen LogP contribution is -2.43. The lowest BCUT2D eigenvalue weighted by atomic mass is 10.00. The van der Waals surface area contributed by atoms with Crippen molar-refractivity contribution in [1.82, 2.24) is 0 Å². The van der Waals surface area contributed by atoms with Gasteiger partial charge in [-0.15, -0.1) is 0 Å². The van der Waals surface area contributed by atoms with Crippen molar-refractivity contribution in [2.24, 2.45) is 0 Å². The molecule has 0 fully saturated rings. The monoisotopic (exact) mass is 434 g/mol. The molecule has 1 atom stereocenters. The van der Waals surface area contributed by atoms with Gasteiger partial charge in [-0.3, -0.25) is 0 Å². The molecule has 6 nitrogen and oxygen atoms in total. The minimum Gasteiger partial charge on any atom is -0.541 e. The number of ether oxygens (including phenoxy) is 4. The van der Waals surface area contributed by atoms with Crippen LogP contribution in [0.3, 0.4) is 0 Å². The van der Waals surface area contributed by atoms with Gasteiger partial charge in [0.2, 0.25) is 5.75 Å². The van der Waals surface area contributed by atoms with Crippen LogP contribution in [0.5, 0.6) is 28.7 Å². The molecule has 0 bridgehead atoms. The van der Waals surface area contributed by atoms with Crippen molar-refractivity contribution in [3.05, 3.63) is 41.5 Å². The Hall–Kier alpha value is -2.38. The molecule has 2 rings (SSSR count). The van der Waals surface area contributed by atoms with Crippen molar-refractivity contribution in [1.29, 1.82) is 0 Å². The van der Waals surface area contributed by atoms with E-state index in [1.165, 1.54) is 0 Å². The Morgan fingerprint density at radius 2 is 1.23 bits per heavy atom. The van der Waals surface area contributed by atoms with Gasteiger partial charge in [0.1, 0.15) is 11.9 Å². The molecular formula is C23H34O6Si. The first-order valence-electron chi connectivity index (χ1n) is 9.84. The van der Waals surface area contributed by atoms with E-state index in [-0.39, 0.29) is 5.04 Å². The van der Waals surface area contributed by atoms with E-state index in [0.29, 0.717) is 39.9 Å². The van der Waals surface area contributed by atoms with Gasteiger partial charge >= 0.3 is 0 Å². The number of hydrogen-bond acceptors (Lipinski definition) is 6. The van der Waals surface area contributed by atoms with Gasteiger partial charge in [-0.05, 0) is 53.5 Å². The van der Waals surface area contributed by atoms with Crippen LogP contribution in [0.25, 0.3) is 0 Å². The van der Waals surface area contributed by atoms with Crippen LogP contribution in [0.1, 0.15) is 38.0 Å². The fourth-order valence-electron chi connectivity index (χ4n) is 2.82. The van der Waals surface area contributed by atoms with Crippen LogP contribution in [0.2, 0.25) is 18.1 Å². The molecular weight excluding hydrogens is 400 g/mol. The van der Waals surface area contributed by atoms with Gasteiger partial charge in [0.15, 0.2) is 17.2 Å². The minimum absolute atomic E-state index is 0.0311. The molecule has 0 saturated carbocycles. The van der Waals surface area contributed by atoms with Gasteiger partial charge in [0.05, 0.1) is 28.4 Å². The summed E-state index contributed by atoms with van der Waals surface area (Å²) in [6, 6.07) is 8.96. The summed E-state index contributed by atoms with van der Waals surface area (Å²) in [5, 5.41) is 11.1. The normalized spacial score (nSPS) is 12.9. The summed E-state index contributed by atoms with van der Waals surface area (Å²) in [6.07, 6.45) is -0.911. The highest BCUT2D eigenvalue weighted by Crippen LogP contribution is 2.43. The first-order valence-corrected chi connectivity index (χ1v) is 12.7. The number of methoxy groups -OCH3 is 4. The van der Waals surface area contributed by atoms with Crippen molar-refractivity contribution >= 4 is 8.32 Å². The van der Waals surface area contributed by atoms with Gasteiger partial charge < -0.3 is 28.5 Å². The molecule has 166 valence electrons. The van der Waals surface area contributed by atoms with Crippen LogP contribution in [0.15, 0.2) is 30.3 Å². The molecule has 0 aliphatic heterocycles. The Morgan fingerprint density at radius 1 is 0.733 bits per heavy atom. The summed E-state index contributed by atoms with van der Waals surface area (Å²) < 4.78 is 28.2. The predicted octanol–water partition coefficient (Wildman–Crippen LogP) is 5.19. The Bertz CT molecular complexity index is 847. The molecule has 1 unspecified atom stereocenters. The van der Waals surface area contributed by atoms with Crippen molar-refractivity contribution in [2.45, 2.75) is 45.0 Å². The highest BCUT2D eigenvalue weighted by molar-refractivity contribution is 6.74. The first kappa shape index (κ1) is 23.9. The van der Waals surface area contributed by atoms with E-state index in [1.54, 1.807) is 40.6 Å². The Labute approximate surface area is 180 Å². The fourth-order valence-corrected chi connectivity index (χ4v) is 3.84. The molecule has 0 amide bonds. The second-order valence-corrected chi connectivity index (χ2v) is 13.4. The van der Waals surface area contributed by atoms with Gasteiger partial charge in [0.25, 0.3) is 8.32 Å². The summed E-state index contributed by atoms with van der Waals surface area (Å²) in [4.78, 5) is 0. The number of rotatable bonds is 8. The van der Waals surface area contributed by atoms with E-state index in [9.17, 15) is 5.11 Å². The lowest BCUT2D eigenvalue weighted by molar-refractivity contribution is 0.218. The summed E-state index contributed by atoms with van der Waals surface area (Å²) in [7, 11) is 4.17. The molecule has 30 heavy (non-hydrogen) atoms. The SMILES string of the molecule is COc1ccc(C(O)c2cc(OC)c(OC)c(OC)c2)cc1O[Si](C)(C)C(C)(C)C. The third-order valence-electron chi connectivity index (χ3n) is 5.68. The molecule has 0 saturated heterocycles. The third-order valence-corrected chi connectivity index (χ3v) is 10.0. The van der Waals surface area contributed by atoms with Crippen LogP contribution < -0.4 is 23.4 Å². The second kappa shape index (κ2) is 9.18. The summed E-state index contributed by atoms with van der Waals surface area (Å²) in [5.74, 6) is 2.72. The molecule has 1 N–H and O–H groups in total. The van der Waals surface area contributed by atoms with E-state index in [1.807, 2.05) is 18.2 Å². The van der Waals surface area contributed by atoms with E-state index in [2.05, 4.69) is 33.9 Å². The smallest absolute Gasteiger partial charge is 0.250 e. The van der Waals surface area contributed by atoms with E-state index in [0.717, 1.165) is 0 Å². The van der Waals surface area contributed by atoms with Crippen LogP contribution in [-0.2, 0) is 0 Å². The van der Waals surface area contributed by atoms with Crippen LogP contribution >= 0.6 is 0 Å². The van der Waals surface area contributed by atoms with E-state index >= 15 is 0 Å². The molecule has 0 spiro atoms. The fraction of sp³-hybridized carbons (Fsp3) is 0.478. The van der Waals surface area contributed by atoms with Gasteiger partial charge in [-0.1, -0.05) is 26.8 Å². The maximum absolute atomic E-state index is 11.1. The van der Waals surface area contributed by atoms with Crippen LogP contribution in [0, 0.1) is 0 Å². The molecule has 7 heteroatoms. The maximum atomic E-state index is 11.1. The van der Waals surface area contributed by atoms with Crippen molar-refractivity contribution < 1.29 is 28.5 Å². The van der Waals surface area contributed by atoms with Gasteiger partial charge in [-0.2, -0.15) is 0 Å². The molecule has 0 radical (unpaired) electrons. The topological polar surface area (TPSA) is 66.4 Å². The van der Waals surface area contributed by atoms with Crippen molar-refractivity contribution in [3.8, 4) is 28.7 Å². The average molecular weight is 435 g/mol. The number of aliphatic hydroxyl groups is 1. The lowest BCUT2D eigenvalue weighted by Gasteiger charge is -2.37. The van der Waals surface area contributed by atoms with E-state index < -0.39 is 14.4 Å². The van der Waals surface area contributed by atoms with Crippen LogP contribution in [0.4, 0.5) is 0 Å². The van der Waals surface area contributed by atoms with Crippen molar-refractivity contribution in [2.75, 3.05) is 28.4 Å². The first-order chi connectivity index (χ1) is 14.0. The van der Waals surface area contributed by atoms with Crippen molar-refractivity contribution in [3.63, 3.8) is 0 Å². The standard InChI is InChI=1S/C23H34O6Si/c1-23(2,3)30(8,9)29-18-12-15(10-11-17(18)25-4)21(24)16-13-19(26-5)22(28-7)20(14-16)27-6/h10-14,21,24H,1-9H3. The Balaban J connectivity index is 2.50. The average Bonchev–Trinajstić information content (AvgIpc) is 2.70. The highest BCUT2D eigenvalue weighted by Gasteiger charge is 2.39. The number of aliphatic hydroxyl groups excluding tert-OH is 1. The zero-order valence-electron chi connectivity index (χ0n) is 19.5. The highest BCUT2D eigenvalue weighted by atomic mass is 28.4. The summed E-state index contributed by atoms with van der Waals surface area (Å²) in [6.45, 7) is 10.9. The zero-order chi connectivity index (χ0) is 22.7. The Kier molecular flexibility index (Phi) is 7.31. The second-order valence-electron chi connectivity index (χ2n) is 8.63. The van der Waals surface area contributed by atoms with E-state index in [4.69, 9.17) is 23.4 Å². The zero-order valence-corrected chi connectivity index (χ0v) is 20.5. The van der Waals surface area contributed by atoms with Gasteiger partial charge in [0, 0.05) is 0 Å². The molecule has 0 heterocycles. The summed E-state index contributed by atoms with van der Waals surface area (Å²) >= 11 is 0. The molecule has 0 aliphatic carbocycles. The van der Waals surface area contributed by atoms with Gasteiger partial charge in [-0.25, -0.2) is 0 Å². The molecule has 2 aromatic rings. The number of hydrogen-bond donors (Lipinski definition) is 1. The quantitative estimate of drug-likeness (QED) is 0.577. The molecule has 0 aliphatic rings. The molecule has 2 aromatic carbocycles. The Morgan fingerprint density at radius 3 is 1.67 bits per heavy atom. The minimum atomic E-state index is -2.09. The largest absolute Gasteiger partial charge is 0.541 e.